The number of benzene rings is 1. The molecule has 1 fully saturated rings. The van der Waals surface area contributed by atoms with Crippen molar-refractivity contribution >= 4 is 11.6 Å². The molecule has 2 aliphatic heterocycles. The van der Waals surface area contributed by atoms with Crippen molar-refractivity contribution in [1.82, 2.24) is 15.0 Å². The molecular formula is C26H28FeN4O3+2. The average Bonchev–Trinajstić information content (AvgIpc) is 3.68. The third kappa shape index (κ3) is 4.86. The minimum Gasteiger partial charge on any atom is -0.336 e. The van der Waals surface area contributed by atoms with E-state index < -0.39 is 5.79 Å². The molecule has 0 bridgehead atoms. The molecule has 0 atom stereocenters. The Balaban J connectivity index is 0.000000407. The van der Waals surface area contributed by atoms with Gasteiger partial charge >= 0.3 is 17.1 Å². The molecule has 8 heteroatoms. The van der Waals surface area contributed by atoms with Gasteiger partial charge in [0.15, 0.2) is 0 Å². The summed E-state index contributed by atoms with van der Waals surface area (Å²) < 4.78 is 13.4. The molecule has 2 aromatic rings. The Morgan fingerprint density at radius 1 is 0.971 bits per heavy atom. The van der Waals surface area contributed by atoms with Gasteiger partial charge in [0.25, 0.3) is 11.7 Å². The molecule has 1 amide bonds. The largest absolute Gasteiger partial charge is 2.00 e. The van der Waals surface area contributed by atoms with Crippen LogP contribution in [0, 0.1) is 0 Å². The van der Waals surface area contributed by atoms with E-state index in [1.807, 2.05) is 47.3 Å². The predicted octanol–water partition coefficient (Wildman–Crippen LogP) is 4.01. The van der Waals surface area contributed by atoms with Crippen molar-refractivity contribution in [3.8, 4) is 0 Å². The quantitative estimate of drug-likeness (QED) is 0.443. The molecule has 3 heterocycles. The third-order valence-electron chi connectivity index (χ3n) is 6.09. The first-order valence-corrected chi connectivity index (χ1v) is 11.5. The van der Waals surface area contributed by atoms with Crippen LogP contribution in [0.15, 0.2) is 79.1 Å². The van der Waals surface area contributed by atoms with Crippen molar-refractivity contribution in [2.24, 2.45) is 0 Å². The zero-order valence-corrected chi connectivity index (χ0v) is 20.0. The number of hydrogen-bond acceptors (Lipinski definition) is 5. The van der Waals surface area contributed by atoms with Gasteiger partial charge in [0.1, 0.15) is 0 Å². The first-order chi connectivity index (χ1) is 16.3. The van der Waals surface area contributed by atoms with Gasteiger partial charge in [-0.05, 0) is 25.3 Å². The summed E-state index contributed by atoms with van der Waals surface area (Å²) in [5.41, 5.74) is 2.67. The smallest absolute Gasteiger partial charge is 0.336 e. The van der Waals surface area contributed by atoms with Crippen LogP contribution in [0.5, 0.6) is 0 Å². The monoisotopic (exact) mass is 500 g/mol. The van der Waals surface area contributed by atoms with Crippen molar-refractivity contribution in [2.75, 3.05) is 24.7 Å². The summed E-state index contributed by atoms with van der Waals surface area (Å²) >= 11 is 0. The SMILES string of the molecule is C1=CCC=C1.O=C1N(CCCCn2cc(C3C=CC=C3)nn2)c2ccccc2C12OCCO2.[Fe+2]. The van der Waals surface area contributed by atoms with E-state index in [2.05, 4.69) is 46.8 Å². The number of allylic oxidation sites excluding steroid dienone is 8. The molecule has 176 valence electrons. The fourth-order valence-corrected chi connectivity index (χ4v) is 4.44. The van der Waals surface area contributed by atoms with E-state index in [0.717, 1.165) is 42.8 Å². The fraction of sp³-hybridized carbons (Fsp3) is 0.346. The maximum Gasteiger partial charge on any atom is 2.00 e. The summed E-state index contributed by atoms with van der Waals surface area (Å²) in [7, 11) is 0. The molecule has 6 rings (SSSR count). The number of carbonyl (C=O) groups is 1. The van der Waals surface area contributed by atoms with Crippen LogP contribution in [0.1, 0.15) is 36.4 Å². The van der Waals surface area contributed by atoms with E-state index >= 15 is 0 Å². The molecule has 0 unspecified atom stereocenters. The second kappa shape index (κ2) is 11.1. The maximum absolute atomic E-state index is 13.0. The van der Waals surface area contributed by atoms with Crippen molar-refractivity contribution in [3.05, 3.63) is 90.3 Å². The van der Waals surface area contributed by atoms with Gasteiger partial charge in [0.2, 0.25) is 0 Å². The van der Waals surface area contributed by atoms with Crippen LogP contribution in [0.4, 0.5) is 5.69 Å². The number of para-hydroxylation sites is 1. The van der Waals surface area contributed by atoms with Gasteiger partial charge in [-0.1, -0.05) is 72.0 Å². The summed E-state index contributed by atoms with van der Waals surface area (Å²) in [5.74, 6) is -1.12. The second-order valence-electron chi connectivity index (χ2n) is 8.29. The van der Waals surface area contributed by atoms with Gasteiger partial charge in [-0.3, -0.25) is 9.48 Å². The van der Waals surface area contributed by atoms with E-state index in [-0.39, 0.29) is 28.9 Å². The van der Waals surface area contributed by atoms with Crippen LogP contribution in [-0.4, -0.2) is 40.7 Å². The molecular weight excluding hydrogens is 472 g/mol. The molecule has 1 saturated heterocycles. The molecule has 1 aromatic carbocycles. The number of anilines is 1. The van der Waals surface area contributed by atoms with Gasteiger partial charge in [0.05, 0.1) is 24.6 Å². The van der Waals surface area contributed by atoms with Gasteiger partial charge in [-0.25, -0.2) is 0 Å². The van der Waals surface area contributed by atoms with Crippen LogP contribution in [0.2, 0.25) is 0 Å². The zero-order chi connectivity index (χ0) is 22.5. The summed E-state index contributed by atoms with van der Waals surface area (Å²) in [6, 6.07) is 7.73. The van der Waals surface area contributed by atoms with Crippen LogP contribution in [0.3, 0.4) is 0 Å². The molecule has 34 heavy (non-hydrogen) atoms. The van der Waals surface area contributed by atoms with Gasteiger partial charge in [0, 0.05) is 30.8 Å². The van der Waals surface area contributed by atoms with Crippen LogP contribution in [-0.2, 0) is 43.7 Å². The van der Waals surface area contributed by atoms with Gasteiger partial charge in [-0.15, -0.1) is 5.10 Å². The minimum atomic E-state index is -1.24. The molecule has 2 aliphatic carbocycles. The Kier molecular flexibility index (Phi) is 7.95. The number of fused-ring (bicyclic) bond motifs is 2. The first-order valence-electron chi connectivity index (χ1n) is 11.5. The predicted molar refractivity (Wildman–Crippen MR) is 126 cm³/mol. The van der Waals surface area contributed by atoms with E-state index in [4.69, 9.17) is 9.47 Å². The fourth-order valence-electron chi connectivity index (χ4n) is 4.44. The topological polar surface area (TPSA) is 69.5 Å². The molecule has 0 N–H and O–H groups in total. The molecule has 4 aliphatic rings. The van der Waals surface area contributed by atoms with Crippen molar-refractivity contribution in [1.29, 1.82) is 0 Å². The Morgan fingerprint density at radius 3 is 2.38 bits per heavy atom. The number of unbranched alkanes of at least 4 members (excludes halogenated alkanes) is 1. The Morgan fingerprint density at radius 2 is 1.68 bits per heavy atom. The normalized spacial score (nSPS) is 19.1. The minimum absolute atomic E-state index is 0. The van der Waals surface area contributed by atoms with Crippen LogP contribution < -0.4 is 4.90 Å². The number of aromatic nitrogens is 3. The van der Waals surface area contributed by atoms with E-state index in [1.165, 1.54) is 0 Å². The Labute approximate surface area is 210 Å². The molecule has 0 saturated carbocycles. The standard InChI is InChI=1S/C21H22N4O3.C5H6.Fe/c26-20-21(27-13-14-28-21)17-9-3-4-10-19(17)25(20)12-6-5-11-24-15-18(22-23-24)16-7-1-2-8-16;1-2-4-5-3-1;/h1-4,7-10,15-16H,5-6,11-14H2;1-4H,5H2;/q;;+2. The zero-order valence-electron chi connectivity index (χ0n) is 18.9. The van der Waals surface area contributed by atoms with Crippen molar-refractivity contribution in [2.45, 2.75) is 37.5 Å². The van der Waals surface area contributed by atoms with Gasteiger partial charge in [-0.2, -0.15) is 0 Å². The average molecular weight is 500 g/mol. The van der Waals surface area contributed by atoms with Crippen LogP contribution in [0.25, 0.3) is 0 Å². The molecule has 1 aromatic heterocycles. The number of aryl methyl sites for hydroxylation is 1. The van der Waals surface area contributed by atoms with Crippen molar-refractivity contribution in [3.63, 3.8) is 0 Å². The molecule has 1 spiro atoms. The van der Waals surface area contributed by atoms with E-state index in [9.17, 15) is 4.79 Å². The number of nitrogens with zero attached hydrogens (tertiary/aromatic N) is 4. The van der Waals surface area contributed by atoms with Crippen molar-refractivity contribution < 1.29 is 31.3 Å². The first kappa shape index (κ1) is 24.4. The third-order valence-corrected chi connectivity index (χ3v) is 6.09. The maximum atomic E-state index is 13.0. The molecule has 7 nitrogen and oxygen atoms in total. The van der Waals surface area contributed by atoms with E-state index in [1.54, 1.807) is 4.90 Å². The number of hydrogen-bond donors (Lipinski definition) is 0. The van der Waals surface area contributed by atoms with Crippen LogP contribution >= 0.6 is 0 Å². The summed E-state index contributed by atoms with van der Waals surface area (Å²) in [5, 5.41) is 8.47. The number of amides is 1. The number of ether oxygens (including phenoxy) is 2. The van der Waals surface area contributed by atoms with E-state index in [0.29, 0.717) is 19.8 Å². The van der Waals surface area contributed by atoms with Gasteiger partial charge < -0.3 is 14.4 Å². The Hall–Kier alpha value is -2.77. The number of rotatable bonds is 6. The second-order valence-corrected chi connectivity index (χ2v) is 8.29. The Bertz CT molecular complexity index is 1090. The number of carbonyl (C=O) groups excluding carboxylic acids is 1. The molecule has 0 radical (unpaired) electrons. The summed E-state index contributed by atoms with van der Waals surface area (Å²) in [6.45, 7) is 2.27. The summed E-state index contributed by atoms with van der Waals surface area (Å²) in [6.07, 6.45) is 21.5. The summed E-state index contributed by atoms with van der Waals surface area (Å²) in [4.78, 5) is 14.8.